The van der Waals surface area contributed by atoms with Gasteiger partial charge in [0.15, 0.2) is 0 Å². The maximum atomic E-state index is 9.56. The molecule has 0 spiro atoms. The highest BCUT2D eigenvalue weighted by atomic mass is 32.1. The van der Waals surface area contributed by atoms with E-state index < -0.39 is 0 Å². The summed E-state index contributed by atoms with van der Waals surface area (Å²) in [5.41, 5.74) is 1.000. The van der Waals surface area contributed by atoms with Crippen LogP contribution >= 0.6 is 11.3 Å². The van der Waals surface area contributed by atoms with E-state index in [4.69, 9.17) is 4.74 Å². The summed E-state index contributed by atoms with van der Waals surface area (Å²) in [6.45, 7) is 3.31. The fraction of sp³-hybridized carbons (Fsp3) is 0.556. The van der Waals surface area contributed by atoms with Crippen LogP contribution in [0.15, 0.2) is 16.8 Å². The van der Waals surface area contributed by atoms with Crippen molar-refractivity contribution in [2.75, 3.05) is 13.2 Å². The average molecular weight is 186 g/mol. The summed E-state index contributed by atoms with van der Waals surface area (Å²) in [4.78, 5) is 0. The van der Waals surface area contributed by atoms with E-state index in [0.29, 0.717) is 13.0 Å². The number of thiophene rings is 1. The molecule has 0 radical (unpaired) electrons. The molecule has 0 aliphatic heterocycles. The minimum absolute atomic E-state index is 0.359. The molecule has 0 bridgehead atoms. The molecule has 68 valence electrons. The highest BCUT2D eigenvalue weighted by Crippen LogP contribution is 2.18. The van der Waals surface area contributed by atoms with Crippen LogP contribution in [-0.4, -0.2) is 18.3 Å². The van der Waals surface area contributed by atoms with E-state index in [0.717, 1.165) is 12.2 Å². The largest absolute Gasteiger partial charge is 0.388 e. The lowest BCUT2D eigenvalue weighted by Crippen LogP contribution is -2.01. The number of hydrogen-bond acceptors (Lipinski definition) is 3. The van der Waals surface area contributed by atoms with E-state index >= 15 is 0 Å². The van der Waals surface area contributed by atoms with Gasteiger partial charge in [-0.15, -0.1) is 0 Å². The molecule has 0 saturated carbocycles. The zero-order valence-corrected chi connectivity index (χ0v) is 8.01. The Balaban J connectivity index is 2.25. The Morgan fingerprint density at radius 2 is 2.50 bits per heavy atom. The van der Waals surface area contributed by atoms with Crippen LogP contribution in [0.1, 0.15) is 25.0 Å². The number of aliphatic hydroxyl groups is 1. The standard InChI is InChI=1S/C9H14O2S/c1-2-11-5-3-9(10)8-4-6-12-7-8/h4,6-7,9-10H,2-3,5H2,1H3. The summed E-state index contributed by atoms with van der Waals surface area (Å²) in [7, 11) is 0. The van der Waals surface area contributed by atoms with E-state index in [2.05, 4.69) is 0 Å². The second kappa shape index (κ2) is 5.30. The van der Waals surface area contributed by atoms with E-state index in [1.165, 1.54) is 0 Å². The monoisotopic (exact) mass is 186 g/mol. The van der Waals surface area contributed by atoms with Crippen LogP contribution < -0.4 is 0 Å². The summed E-state index contributed by atoms with van der Waals surface area (Å²) < 4.78 is 5.15. The molecule has 1 aromatic rings. The van der Waals surface area contributed by atoms with Gasteiger partial charge in [0.05, 0.1) is 6.10 Å². The van der Waals surface area contributed by atoms with Crippen LogP contribution in [0.4, 0.5) is 0 Å². The van der Waals surface area contributed by atoms with E-state index in [1.807, 2.05) is 23.8 Å². The smallest absolute Gasteiger partial charge is 0.0820 e. The third-order valence-electron chi connectivity index (χ3n) is 1.67. The minimum Gasteiger partial charge on any atom is -0.388 e. The van der Waals surface area contributed by atoms with Crippen molar-refractivity contribution in [3.05, 3.63) is 22.4 Å². The van der Waals surface area contributed by atoms with Crippen LogP contribution in [0, 0.1) is 0 Å². The van der Waals surface area contributed by atoms with Crippen LogP contribution in [0.5, 0.6) is 0 Å². The van der Waals surface area contributed by atoms with Gasteiger partial charge in [-0.25, -0.2) is 0 Å². The Labute approximate surface area is 76.8 Å². The van der Waals surface area contributed by atoms with Crippen molar-refractivity contribution in [3.8, 4) is 0 Å². The Kier molecular flexibility index (Phi) is 4.29. The molecule has 1 rings (SSSR count). The summed E-state index contributed by atoms with van der Waals surface area (Å²) in [6.07, 6.45) is 0.327. The third-order valence-corrected chi connectivity index (χ3v) is 2.37. The first-order valence-electron chi connectivity index (χ1n) is 4.12. The van der Waals surface area contributed by atoms with E-state index in [1.54, 1.807) is 11.3 Å². The first-order chi connectivity index (χ1) is 5.84. The van der Waals surface area contributed by atoms with Crippen molar-refractivity contribution in [2.24, 2.45) is 0 Å². The topological polar surface area (TPSA) is 29.5 Å². The fourth-order valence-corrected chi connectivity index (χ4v) is 1.68. The number of aliphatic hydroxyl groups excluding tert-OH is 1. The molecule has 1 aromatic heterocycles. The summed E-state index contributed by atoms with van der Waals surface area (Å²) in [5.74, 6) is 0. The normalized spacial score (nSPS) is 13.2. The second-order valence-electron chi connectivity index (χ2n) is 2.56. The maximum Gasteiger partial charge on any atom is 0.0820 e. The van der Waals surface area contributed by atoms with Crippen molar-refractivity contribution in [1.82, 2.24) is 0 Å². The number of rotatable bonds is 5. The van der Waals surface area contributed by atoms with E-state index in [-0.39, 0.29) is 6.10 Å². The van der Waals surface area contributed by atoms with Gasteiger partial charge >= 0.3 is 0 Å². The molecule has 2 nitrogen and oxygen atoms in total. The van der Waals surface area contributed by atoms with Crippen LogP contribution in [-0.2, 0) is 4.74 Å². The van der Waals surface area contributed by atoms with Gasteiger partial charge in [0.2, 0.25) is 0 Å². The number of hydrogen-bond donors (Lipinski definition) is 1. The van der Waals surface area contributed by atoms with Gasteiger partial charge < -0.3 is 9.84 Å². The van der Waals surface area contributed by atoms with Gasteiger partial charge in [0.25, 0.3) is 0 Å². The van der Waals surface area contributed by atoms with Crippen molar-refractivity contribution in [2.45, 2.75) is 19.4 Å². The maximum absolute atomic E-state index is 9.56. The molecule has 1 atom stereocenters. The van der Waals surface area contributed by atoms with Gasteiger partial charge in [-0.3, -0.25) is 0 Å². The van der Waals surface area contributed by atoms with Gasteiger partial charge in [-0.1, -0.05) is 0 Å². The molecule has 0 aliphatic rings. The lowest BCUT2D eigenvalue weighted by atomic mass is 10.1. The SMILES string of the molecule is CCOCCC(O)c1ccsc1. The average Bonchev–Trinajstić information content (AvgIpc) is 2.56. The first kappa shape index (κ1) is 9.71. The third kappa shape index (κ3) is 2.93. The molecule has 0 fully saturated rings. The zero-order chi connectivity index (χ0) is 8.81. The Morgan fingerprint density at radius 1 is 1.67 bits per heavy atom. The molecule has 12 heavy (non-hydrogen) atoms. The highest BCUT2D eigenvalue weighted by Gasteiger charge is 2.06. The van der Waals surface area contributed by atoms with Crippen molar-refractivity contribution in [1.29, 1.82) is 0 Å². The second-order valence-corrected chi connectivity index (χ2v) is 3.34. The fourth-order valence-electron chi connectivity index (χ4n) is 0.971. The predicted molar refractivity (Wildman–Crippen MR) is 50.4 cm³/mol. The van der Waals surface area contributed by atoms with Gasteiger partial charge in [-0.2, -0.15) is 11.3 Å². The Hall–Kier alpha value is -0.380. The van der Waals surface area contributed by atoms with Crippen LogP contribution in [0.2, 0.25) is 0 Å². The summed E-state index contributed by atoms with van der Waals surface area (Å²) in [6, 6.07) is 1.95. The molecule has 1 N–H and O–H groups in total. The molecule has 0 saturated heterocycles. The predicted octanol–water partition coefficient (Wildman–Crippen LogP) is 2.21. The molecule has 3 heteroatoms. The van der Waals surface area contributed by atoms with Gasteiger partial charge in [0, 0.05) is 19.6 Å². The molecular formula is C9H14O2S. The lowest BCUT2D eigenvalue weighted by Gasteiger charge is -2.07. The highest BCUT2D eigenvalue weighted by molar-refractivity contribution is 7.07. The summed E-state index contributed by atoms with van der Waals surface area (Å²) >= 11 is 1.61. The van der Waals surface area contributed by atoms with Crippen LogP contribution in [0.3, 0.4) is 0 Å². The summed E-state index contributed by atoms with van der Waals surface area (Å²) in [5, 5.41) is 13.5. The first-order valence-corrected chi connectivity index (χ1v) is 5.06. The molecule has 0 amide bonds. The minimum atomic E-state index is -0.359. The van der Waals surface area contributed by atoms with Crippen molar-refractivity contribution in [3.63, 3.8) is 0 Å². The van der Waals surface area contributed by atoms with Gasteiger partial charge in [-0.05, 0) is 29.3 Å². The molecule has 0 aliphatic carbocycles. The molecular weight excluding hydrogens is 172 g/mol. The number of ether oxygens (including phenoxy) is 1. The van der Waals surface area contributed by atoms with E-state index in [9.17, 15) is 5.11 Å². The molecule has 1 heterocycles. The lowest BCUT2D eigenvalue weighted by molar-refractivity contribution is 0.0888. The zero-order valence-electron chi connectivity index (χ0n) is 7.19. The van der Waals surface area contributed by atoms with Crippen molar-refractivity contribution < 1.29 is 9.84 Å². The quantitative estimate of drug-likeness (QED) is 0.714. The molecule has 0 aromatic carbocycles. The van der Waals surface area contributed by atoms with Crippen molar-refractivity contribution >= 4 is 11.3 Å². The Bertz CT molecular complexity index is 196. The van der Waals surface area contributed by atoms with Gasteiger partial charge in [0.1, 0.15) is 0 Å². The molecule has 1 unspecified atom stereocenters. The van der Waals surface area contributed by atoms with Crippen LogP contribution in [0.25, 0.3) is 0 Å². The Morgan fingerprint density at radius 3 is 3.08 bits per heavy atom.